The Morgan fingerprint density at radius 1 is 1.21 bits per heavy atom. The van der Waals surface area contributed by atoms with Crippen LogP contribution in [0.3, 0.4) is 0 Å². The van der Waals surface area contributed by atoms with E-state index in [1.54, 1.807) is 12.1 Å². The van der Waals surface area contributed by atoms with Crippen molar-refractivity contribution in [3.8, 4) is 11.5 Å². The largest absolute Gasteiger partial charge is 0.465 e. The number of ether oxygens (including phenoxy) is 2. The molecule has 6 nitrogen and oxygen atoms in total. The number of hydrogen-bond acceptors (Lipinski definition) is 5. The third-order valence-corrected chi connectivity index (χ3v) is 4.00. The van der Waals surface area contributed by atoms with Gasteiger partial charge in [-0.15, -0.1) is 0 Å². The smallest absolute Gasteiger partial charge is 0.337 e. The summed E-state index contributed by atoms with van der Waals surface area (Å²) in [6.45, 7) is 3.78. The number of fused-ring (bicyclic) bond motifs is 1. The molecule has 6 heteroatoms. The van der Waals surface area contributed by atoms with Crippen LogP contribution in [0, 0.1) is 13.8 Å². The first kappa shape index (κ1) is 15.9. The summed E-state index contributed by atoms with van der Waals surface area (Å²) in [6, 6.07) is 9.18. The van der Waals surface area contributed by atoms with E-state index in [9.17, 15) is 4.79 Å². The molecule has 0 unspecified atom stereocenters. The molecule has 0 radical (unpaired) electrons. The lowest BCUT2D eigenvalue weighted by molar-refractivity contribution is 0.0600. The van der Waals surface area contributed by atoms with Crippen LogP contribution in [-0.4, -0.2) is 22.6 Å². The first-order valence-electron chi connectivity index (χ1n) is 7.50. The molecule has 0 fully saturated rings. The minimum Gasteiger partial charge on any atom is -0.465 e. The second-order valence-corrected chi connectivity index (χ2v) is 5.69. The van der Waals surface area contributed by atoms with Gasteiger partial charge >= 0.3 is 5.97 Å². The fourth-order valence-electron chi connectivity index (χ4n) is 2.75. The molecule has 124 valence electrons. The molecule has 0 bridgehead atoms. The van der Waals surface area contributed by atoms with E-state index in [1.165, 1.54) is 7.11 Å². The van der Waals surface area contributed by atoms with Crippen molar-refractivity contribution < 1.29 is 14.3 Å². The molecule has 2 aromatic carbocycles. The number of benzene rings is 2. The molecule has 0 aliphatic heterocycles. The lowest BCUT2D eigenvalue weighted by Crippen LogP contribution is -2.03. The summed E-state index contributed by atoms with van der Waals surface area (Å²) in [4.78, 5) is 16.1. The number of imidazole rings is 1. The summed E-state index contributed by atoms with van der Waals surface area (Å²) in [6.07, 6.45) is 0. The summed E-state index contributed by atoms with van der Waals surface area (Å²) < 4.78 is 12.7. The van der Waals surface area contributed by atoms with Crippen molar-refractivity contribution in [2.75, 3.05) is 12.8 Å². The predicted molar refractivity (Wildman–Crippen MR) is 92.5 cm³/mol. The molecule has 0 spiro atoms. The van der Waals surface area contributed by atoms with Crippen molar-refractivity contribution in [1.29, 1.82) is 0 Å². The summed E-state index contributed by atoms with van der Waals surface area (Å²) in [5.74, 6) is 1.37. The van der Waals surface area contributed by atoms with Crippen molar-refractivity contribution >= 4 is 23.0 Å². The minimum absolute atomic E-state index is 0.368. The molecular formula is C18H19N3O3. The molecule has 0 aliphatic rings. The molecule has 24 heavy (non-hydrogen) atoms. The van der Waals surface area contributed by atoms with Gasteiger partial charge in [0.1, 0.15) is 11.3 Å². The van der Waals surface area contributed by atoms with E-state index in [1.807, 2.05) is 43.7 Å². The lowest BCUT2D eigenvalue weighted by Gasteiger charge is -2.13. The predicted octanol–water partition coefficient (Wildman–Crippen LogP) is 3.35. The second-order valence-electron chi connectivity index (χ2n) is 5.69. The quantitative estimate of drug-likeness (QED) is 0.747. The first-order valence-corrected chi connectivity index (χ1v) is 7.50. The molecular weight excluding hydrogens is 306 g/mol. The number of nitrogens with zero attached hydrogens (tertiary/aromatic N) is 2. The van der Waals surface area contributed by atoms with Gasteiger partial charge in [0.25, 0.3) is 0 Å². The van der Waals surface area contributed by atoms with E-state index < -0.39 is 0 Å². The van der Waals surface area contributed by atoms with Gasteiger partial charge in [-0.3, -0.25) is 0 Å². The maximum absolute atomic E-state index is 11.7. The molecule has 0 saturated heterocycles. The van der Waals surface area contributed by atoms with Gasteiger partial charge in [0, 0.05) is 7.05 Å². The zero-order valence-corrected chi connectivity index (χ0v) is 14.1. The summed E-state index contributed by atoms with van der Waals surface area (Å²) in [7, 11) is 3.22. The minimum atomic E-state index is -0.368. The maximum atomic E-state index is 11.7. The number of aromatic nitrogens is 2. The molecule has 2 N–H and O–H groups in total. The SMILES string of the molecule is COC(=O)c1cc(C)c(Oc2cccc3c2nc(N)n3C)c(C)c1. The molecule has 0 aliphatic carbocycles. The highest BCUT2D eigenvalue weighted by Gasteiger charge is 2.15. The van der Waals surface area contributed by atoms with E-state index >= 15 is 0 Å². The number of carbonyl (C=O) groups is 1. The monoisotopic (exact) mass is 325 g/mol. The molecule has 0 atom stereocenters. The van der Waals surface area contributed by atoms with Crippen molar-refractivity contribution in [2.45, 2.75) is 13.8 Å². The van der Waals surface area contributed by atoms with Crippen LogP contribution in [0.5, 0.6) is 11.5 Å². The average molecular weight is 325 g/mol. The van der Waals surface area contributed by atoms with Crippen molar-refractivity contribution in [3.05, 3.63) is 47.0 Å². The molecule has 0 saturated carbocycles. The van der Waals surface area contributed by atoms with Crippen LogP contribution in [0.1, 0.15) is 21.5 Å². The van der Waals surface area contributed by atoms with Crippen LogP contribution in [0.25, 0.3) is 11.0 Å². The second kappa shape index (κ2) is 5.88. The Morgan fingerprint density at radius 2 is 1.88 bits per heavy atom. The summed E-state index contributed by atoms with van der Waals surface area (Å²) >= 11 is 0. The van der Waals surface area contributed by atoms with Crippen LogP contribution in [0.2, 0.25) is 0 Å². The highest BCUT2D eigenvalue weighted by Crippen LogP contribution is 2.34. The molecule has 3 rings (SSSR count). The van der Waals surface area contributed by atoms with Gasteiger partial charge in [-0.25, -0.2) is 9.78 Å². The number of nitrogen functional groups attached to an aromatic ring is 1. The molecule has 0 amide bonds. The van der Waals surface area contributed by atoms with Gasteiger partial charge in [0.05, 0.1) is 18.2 Å². The van der Waals surface area contributed by atoms with E-state index in [4.69, 9.17) is 15.2 Å². The number of aryl methyl sites for hydroxylation is 3. The molecule has 1 heterocycles. The van der Waals surface area contributed by atoms with Crippen LogP contribution >= 0.6 is 0 Å². The van der Waals surface area contributed by atoms with E-state index in [-0.39, 0.29) is 5.97 Å². The highest BCUT2D eigenvalue weighted by molar-refractivity contribution is 5.90. The average Bonchev–Trinajstić information content (AvgIpc) is 2.85. The Balaban J connectivity index is 2.06. The topological polar surface area (TPSA) is 79.4 Å². The van der Waals surface area contributed by atoms with Gasteiger partial charge in [0.2, 0.25) is 5.95 Å². The zero-order chi connectivity index (χ0) is 17.4. The Kier molecular flexibility index (Phi) is 3.89. The Hall–Kier alpha value is -3.02. The van der Waals surface area contributed by atoms with E-state index in [0.29, 0.717) is 28.5 Å². The van der Waals surface area contributed by atoms with Crippen LogP contribution in [0.15, 0.2) is 30.3 Å². The van der Waals surface area contributed by atoms with Gasteiger partial charge in [-0.05, 0) is 49.2 Å². The summed E-state index contributed by atoms with van der Waals surface area (Å²) in [5, 5.41) is 0. The molecule has 1 aromatic heterocycles. The van der Waals surface area contributed by atoms with E-state index in [0.717, 1.165) is 16.6 Å². The Morgan fingerprint density at radius 3 is 2.50 bits per heavy atom. The molecule has 3 aromatic rings. The van der Waals surface area contributed by atoms with Crippen LogP contribution < -0.4 is 10.5 Å². The van der Waals surface area contributed by atoms with Gasteiger partial charge in [-0.2, -0.15) is 0 Å². The van der Waals surface area contributed by atoms with Gasteiger partial charge in [-0.1, -0.05) is 6.07 Å². The van der Waals surface area contributed by atoms with Gasteiger partial charge < -0.3 is 19.8 Å². The van der Waals surface area contributed by atoms with E-state index in [2.05, 4.69) is 4.98 Å². The number of para-hydroxylation sites is 1. The normalized spacial score (nSPS) is 10.8. The number of rotatable bonds is 3. The number of carbonyl (C=O) groups excluding carboxylic acids is 1. The van der Waals surface area contributed by atoms with Crippen LogP contribution in [0.4, 0.5) is 5.95 Å². The zero-order valence-electron chi connectivity index (χ0n) is 14.1. The fourth-order valence-corrected chi connectivity index (χ4v) is 2.75. The highest BCUT2D eigenvalue weighted by atomic mass is 16.5. The third kappa shape index (κ3) is 2.56. The maximum Gasteiger partial charge on any atom is 0.337 e. The lowest BCUT2D eigenvalue weighted by atomic mass is 10.1. The third-order valence-electron chi connectivity index (χ3n) is 4.00. The van der Waals surface area contributed by atoms with Crippen molar-refractivity contribution in [2.24, 2.45) is 7.05 Å². The number of esters is 1. The number of hydrogen-bond donors (Lipinski definition) is 1. The first-order chi connectivity index (χ1) is 11.4. The van der Waals surface area contributed by atoms with Crippen molar-refractivity contribution in [3.63, 3.8) is 0 Å². The van der Waals surface area contributed by atoms with Gasteiger partial charge in [0.15, 0.2) is 5.75 Å². The Bertz CT molecular complexity index is 921. The van der Waals surface area contributed by atoms with Crippen LogP contribution in [-0.2, 0) is 11.8 Å². The number of anilines is 1. The standard InChI is InChI=1S/C18H19N3O3/c1-10-8-12(17(22)23-4)9-11(2)16(10)24-14-7-5-6-13-15(14)20-18(19)21(13)3/h5-9H,1-4H3,(H2,19,20). The summed E-state index contributed by atoms with van der Waals surface area (Å²) in [5.41, 5.74) is 9.67. The fraction of sp³-hybridized carbons (Fsp3) is 0.222. The van der Waals surface area contributed by atoms with Crippen molar-refractivity contribution in [1.82, 2.24) is 9.55 Å². The number of methoxy groups -OCH3 is 1. The number of nitrogens with two attached hydrogens (primary N) is 1. The Labute approximate surface area is 139 Å².